The Labute approximate surface area is 188 Å². The predicted molar refractivity (Wildman–Crippen MR) is 121 cm³/mol. The van der Waals surface area contributed by atoms with Gasteiger partial charge in [-0.3, -0.25) is 14.4 Å². The van der Waals surface area contributed by atoms with Gasteiger partial charge in [-0.2, -0.15) is 0 Å². The maximum Gasteiger partial charge on any atom is 0.269 e. The van der Waals surface area contributed by atoms with Crippen LogP contribution in [-0.2, 0) is 14.8 Å². The molecule has 1 atom stereocenters. The van der Waals surface area contributed by atoms with Crippen molar-refractivity contribution in [2.75, 3.05) is 21.9 Å². The van der Waals surface area contributed by atoms with Gasteiger partial charge in [-0.15, -0.1) is 10.2 Å². The molecule has 0 radical (unpaired) electrons. The van der Waals surface area contributed by atoms with Gasteiger partial charge in [0.05, 0.1) is 17.1 Å². The van der Waals surface area contributed by atoms with Gasteiger partial charge in [-0.05, 0) is 30.7 Å². The van der Waals surface area contributed by atoms with Gasteiger partial charge in [0.2, 0.25) is 5.13 Å². The molecule has 0 aliphatic carbocycles. The highest BCUT2D eigenvalue weighted by atomic mass is 32.2. The molecule has 4 rings (SSSR count). The molecule has 0 unspecified atom stereocenters. The minimum Gasteiger partial charge on any atom is -0.476 e. The molecule has 0 saturated heterocycles. The number of thioether (sulfide) groups is 1. The quantitative estimate of drug-likeness (QED) is 0.410. The summed E-state index contributed by atoms with van der Waals surface area (Å²) in [6, 6.07) is 14.9. The molecule has 1 aliphatic rings. The fraction of sp³-hybridized carbons (Fsp3) is 0.250. The first-order valence-corrected chi connectivity index (χ1v) is 12.8. The minimum atomic E-state index is -3.88. The first-order valence-electron chi connectivity index (χ1n) is 9.59. The van der Waals surface area contributed by atoms with Crippen molar-refractivity contribution in [1.29, 1.82) is 0 Å². The second kappa shape index (κ2) is 9.25. The molecular formula is C20H20N4O4S3. The lowest BCUT2D eigenvalue weighted by Crippen LogP contribution is -2.48. The van der Waals surface area contributed by atoms with Crippen LogP contribution in [0.25, 0.3) is 0 Å². The summed E-state index contributed by atoms with van der Waals surface area (Å²) in [4.78, 5) is 13.0. The lowest BCUT2D eigenvalue weighted by molar-refractivity contribution is -0.122. The number of carbonyl (C=O) groups excluding carboxylic acids is 1. The summed E-state index contributed by atoms with van der Waals surface area (Å²) in [6.07, 6.45) is -0.0310. The molecule has 1 amide bonds. The van der Waals surface area contributed by atoms with Gasteiger partial charge in [0, 0.05) is 5.75 Å². The van der Waals surface area contributed by atoms with E-state index in [0.29, 0.717) is 16.6 Å². The number of hydrogen-bond donors (Lipinski definition) is 1. The number of sulfonamides is 1. The lowest BCUT2D eigenvalue weighted by atomic mass is 10.2. The standard InChI is InChI=1S/C20H20N4O4S3/c1-2-12-29-20-23-22-19(30-20)21-18(25)17-13-24(15-10-6-7-11-16(15)28-17)31(26,27)14-8-4-3-5-9-14/h3-11,17H,2,12-13H2,1H3,(H,21,22,25)/t17-/m1/s1. The summed E-state index contributed by atoms with van der Waals surface area (Å²) in [7, 11) is -3.88. The number of para-hydroxylation sites is 2. The van der Waals surface area contributed by atoms with E-state index < -0.39 is 22.0 Å². The third-order valence-corrected chi connectivity index (χ3v) is 8.40. The zero-order valence-electron chi connectivity index (χ0n) is 16.6. The molecule has 2 aromatic carbocycles. The van der Waals surface area contributed by atoms with Gasteiger partial charge in [-0.25, -0.2) is 8.42 Å². The van der Waals surface area contributed by atoms with Crippen LogP contribution in [0.2, 0.25) is 0 Å². The Morgan fingerprint density at radius 2 is 1.94 bits per heavy atom. The van der Waals surface area contributed by atoms with Gasteiger partial charge >= 0.3 is 0 Å². The molecule has 11 heteroatoms. The van der Waals surface area contributed by atoms with Crippen molar-refractivity contribution in [2.45, 2.75) is 28.7 Å². The summed E-state index contributed by atoms with van der Waals surface area (Å²) in [5.74, 6) is 0.757. The van der Waals surface area contributed by atoms with Gasteiger partial charge in [-0.1, -0.05) is 60.4 Å². The fourth-order valence-corrected chi connectivity index (χ4v) is 6.16. The van der Waals surface area contributed by atoms with Crippen LogP contribution in [-0.4, -0.2) is 42.9 Å². The van der Waals surface area contributed by atoms with Crippen molar-refractivity contribution in [3.8, 4) is 5.75 Å². The molecular weight excluding hydrogens is 456 g/mol. The second-order valence-corrected chi connectivity index (χ2v) is 10.8. The average molecular weight is 477 g/mol. The van der Waals surface area contributed by atoms with Crippen LogP contribution in [0.1, 0.15) is 13.3 Å². The third kappa shape index (κ3) is 4.68. The van der Waals surface area contributed by atoms with Gasteiger partial charge in [0.15, 0.2) is 10.4 Å². The zero-order valence-corrected chi connectivity index (χ0v) is 19.0. The number of hydrogen-bond acceptors (Lipinski definition) is 8. The molecule has 0 fully saturated rings. The Bertz CT molecular complexity index is 1170. The molecule has 0 saturated carbocycles. The van der Waals surface area contributed by atoms with E-state index in [0.717, 1.165) is 16.5 Å². The number of nitrogens with one attached hydrogen (secondary N) is 1. The lowest BCUT2D eigenvalue weighted by Gasteiger charge is -2.34. The number of amides is 1. The monoisotopic (exact) mass is 476 g/mol. The third-order valence-electron chi connectivity index (χ3n) is 4.42. The summed E-state index contributed by atoms with van der Waals surface area (Å²) < 4.78 is 34.4. The van der Waals surface area contributed by atoms with Gasteiger partial charge in [0.25, 0.3) is 15.9 Å². The van der Waals surface area contributed by atoms with E-state index in [4.69, 9.17) is 4.74 Å². The number of benzene rings is 2. The van der Waals surface area contributed by atoms with E-state index in [9.17, 15) is 13.2 Å². The second-order valence-electron chi connectivity index (χ2n) is 6.63. The Balaban J connectivity index is 1.58. The first-order chi connectivity index (χ1) is 15.0. The average Bonchev–Trinajstić information content (AvgIpc) is 3.24. The Kier molecular flexibility index (Phi) is 6.44. The Morgan fingerprint density at radius 1 is 1.19 bits per heavy atom. The molecule has 162 valence electrons. The number of aromatic nitrogens is 2. The van der Waals surface area contributed by atoms with Crippen molar-refractivity contribution in [3.05, 3.63) is 54.6 Å². The molecule has 1 aliphatic heterocycles. The molecule has 2 heterocycles. The van der Waals surface area contributed by atoms with Gasteiger partial charge < -0.3 is 4.74 Å². The fourth-order valence-electron chi connectivity index (χ4n) is 2.98. The Morgan fingerprint density at radius 3 is 2.71 bits per heavy atom. The van der Waals surface area contributed by atoms with Crippen LogP contribution in [0.5, 0.6) is 5.75 Å². The summed E-state index contributed by atoms with van der Waals surface area (Å²) in [6.45, 7) is 1.92. The normalized spacial score (nSPS) is 15.8. The summed E-state index contributed by atoms with van der Waals surface area (Å²) >= 11 is 2.85. The highest BCUT2D eigenvalue weighted by Crippen LogP contribution is 2.37. The van der Waals surface area contributed by atoms with Crippen LogP contribution in [0, 0.1) is 0 Å². The van der Waals surface area contributed by atoms with Crippen molar-refractivity contribution < 1.29 is 17.9 Å². The molecule has 1 N–H and O–H groups in total. The topological polar surface area (TPSA) is 101 Å². The molecule has 31 heavy (non-hydrogen) atoms. The highest BCUT2D eigenvalue weighted by Gasteiger charge is 2.37. The van der Waals surface area contributed by atoms with E-state index in [1.54, 1.807) is 54.2 Å². The SMILES string of the molecule is CCCSc1nnc(NC(=O)[C@H]2CN(S(=O)(=O)c3ccccc3)c3ccccc3O2)s1. The number of fused-ring (bicyclic) bond motifs is 1. The number of anilines is 2. The van der Waals surface area contributed by atoms with Gasteiger partial charge in [0.1, 0.15) is 5.75 Å². The van der Waals surface area contributed by atoms with Crippen molar-refractivity contribution in [1.82, 2.24) is 10.2 Å². The first kappa shape index (κ1) is 21.6. The maximum atomic E-state index is 13.3. The van der Waals surface area contributed by atoms with Crippen LogP contribution < -0.4 is 14.4 Å². The van der Waals surface area contributed by atoms with E-state index >= 15 is 0 Å². The van der Waals surface area contributed by atoms with Crippen LogP contribution in [0.15, 0.2) is 63.8 Å². The summed E-state index contributed by atoms with van der Waals surface area (Å²) in [5, 5.41) is 11.1. The zero-order chi connectivity index (χ0) is 21.8. The van der Waals surface area contributed by atoms with Crippen molar-refractivity contribution in [3.63, 3.8) is 0 Å². The smallest absolute Gasteiger partial charge is 0.269 e. The number of rotatable bonds is 7. The largest absolute Gasteiger partial charge is 0.476 e. The van der Waals surface area contributed by atoms with E-state index in [2.05, 4.69) is 22.4 Å². The molecule has 8 nitrogen and oxygen atoms in total. The van der Waals surface area contributed by atoms with Crippen molar-refractivity contribution >= 4 is 49.8 Å². The number of nitrogens with zero attached hydrogens (tertiary/aromatic N) is 3. The van der Waals surface area contributed by atoms with Crippen LogP contribution >= 0.6 is 23.1 Å². The minimum absolute atomic E-state index is 0.146. The number of carbonyl (C=O) groups is 1. The van der Waals surface area contributed by atoms with Crippen LogP contribution in [0.3, 0.4) is 0 Å². The highest BCUT2D eigenvalue weighted by molar-refractivity contribution is 8.01. The van der Waals surface area contributed by atoms with Crippen LogP contribution in [0.4, 0.5) is 10.8 Å². The Hall–Kier alpha value is -2.63. The molecule has 0 bridgehead atoms. The van der Waals surface area contributed by atoms with E-state index in [-0.39, 0.29) is 11.4 Å². The predicted octanol–water partition coefficient (Wildman–Crippen LogP) is 3.64. The summed E-state index contributed by atoms with van der Waals surface area (Å²) in [5.41, 5.74) is 0.393. The molecule has 3 aromatic rings. The van der Waals surface area contributed by atoms with E-state index in [1.165, 1.54) is 27.8 Å². The molecule has 0 spiro atoms. The maximum absolute atomic E-state index is 13.3. The number of ether oxygens (including phenoxy) is 1. The molecule has 1 aromatic heterocycles. The van der Waals surface area contributed by atoms with E-state index in [1.807, 2.05) is 0 Å². The van der Waals surface area contributed by atoms with Crippen molar-refractivity contribution in [2.24, 2.45) is 0 Å².